The second kappa shape index (κ2) is 6.99. The monoisotopic (exact) mass is 378 g/mol. The molecule has 0 amide bonds. The Balaban J connectivity index is 2.03. The highest BCUT2D eigenvalue weighted by molar-refractivity contribution is 7.15. The van der Waals surface area contributed by atoms with Crippen LogP contribution >= 0.6 is 22.9 Å². The maximum absolute atomic E-state index is 12.1. The summed E-state index contributed by atoms with van der Waals surface area (Å²) in [4.78, 5) is 31.3. The summed E-state index contributed by atoms with van der Waals surface area (Å²) < 4.78 is 6.74. The summed E-state index contributed by atoms with van der Waals surface area (Å²) in [5.74, 6) is -0.682. The fourth-order valence-corrected chi connectivity index (χ4v) is 3.16. The molecule has 0 spiro atoms. The van der Waals surface area contributed by atoms with Crippen LogP contribution in [0.5, 0.6) is 0 Å². The van der Waals surface area contributed by atoms with Crippen molar-refractivity contribution in [3.63, 3.8) is 0 Å². The van der Waals surface area contributed by atoms with Gasteiger partial charge in [0, 0.05) is 17.6 Å². The van der Waals surface area contributed by atoms with Gasteiger partial charge in [0.25, 0.3) is 5.69 Å². The van der Waals surface area contributed by atoms with Crippen LogP contribution in [0, 0.1) is 10.1 Å². The number of carbonyl (C=O) groups excluding carboxylic acids is 1. The van der Waals surface area contributed by atoms with Crippen molar-refractivity contribution in [1.82, 2.24) is 14.4 Å². The lowest BCUT2D eigenvalue weighted by molar-refractivity contribution is -0.385. The number of hydrogen-bond donors (Lipinski definition) is 0. The van der Waals surface area contributed by atoms with Crippen molar-refractivity contribution in [2.75, 3.05) is 6.61 Å². The van der Waals surface area contributed by atoms with Crippen molar-refractivity contribution in [2.45, 2.75) is 6.92 Å². The van der Waals surface area contributed by atoms with E-state index in [9.17, 15) is 14.9 Å². The molecule has 128 valence electrons. The normalized spacial score (nSPS) is 11.3. The van der Waals surface area contributed by atoms with Gasteiger partial charge in [-0.25, -0.2) is 14.8 Å². The third-order valence-electron chi connectivity index (χ3n) is 3.26. The smallest absolute Gasteiger partial charge is 0.340 e. The van der Waals surface area contributed by atoms with Gasteiger partial charge in [-0.2, -0.15) is 0 Å². The number of ether oxygens (including phenoxy) is 1. The van der Waals surface area contributed by atoms with Gasteiger partial charge in [-0.3, -0.25) is 14.5 Å². The molecule has 0 aliphatic carbocycles. The molecule has 3 rings (SSSR count). The van der Waals surface area contributed by atoms with Crippen LogP contribution in [-0.2, 0) is 4.74 Å². The van der Waals surface area contributed by atoms with Crippen molar-refractivity contribution in [3.05, 3.63) is 56.1 Å². The number of carbonyl (C=O) groups is 1. The molecule has 0 aromatic carbocycles. The van der Waals surface area contributed by atoms with Crippen LogP contribution in [0.1, 0.15) is 28.7 Å². The molecule has 25 heavy (non-hydrogen) atoms. The molecule has 0 aliphatic rings. The zero-order valence-corrected chi connectivity index (χ0v) is 14.5. The Morgan fingerprint density at radius 3 is 3.04 bits per heavy atom. The topological polar surface area (TPSA) is 99.6 Å². The molecule has 8 nitrogen and oxygen atoms in total. The molecule has 0 aliphatic heterocycles. The molecule has 0 bridgehead atoms. The predicted octanol–water partition coefficient (Wildman–Crippen LogP) is 3.70. The van der Waals surface area contributed by atoms with Crippen LogP contribution in [-0.4, -0.2) is 31.9 Å². The number of thiazole rings is 1. The zero-order chi connectivity index (χ0) is 18.0. The summed E-state index contributed by atoms with van der Waals surface area (Å²) in [6.45, 7) is 1.80. The van der Waals surface area contributed by atoms with E-state index in [1.54, 1.807) is 23.5 Å². The highest BCUT2D eigenvalue weighted by atomic mass is 35.5. The lowest BCUT2D eigenvalue weighted by Crippen LogP contribution is -2.08. The molecule has 10 heteroatoms. The molecule has 0 saturated carbocycles. The molecule has 3 heterocycles. The van der Waals surface area contributed by atoms with Crippen molar-refractivity contribution in [3.8, 4) is 0 Å². The third-order valence-corrected chi connectivity index (χ3v) is 4.30. The average molecular weight is 379 g/mol. The summed E-state index contributed by atoms with van der Waals surface area (Å²) in [7, 11) is 0. The van der Waals surface area contributed by atoms with Crippen molar-refractivity contribution < 1.29 is 14.5 Å². The largest absolute Gasteiger partial charge is 0.462 e. The van der Waals surface area contributed by atoms with Gasteiger partial charge in [-0.1, -0.05) is 11.6 Å². The molecular formula is C15H11ClN4O4S. The number of halogens is 1. The molecule has 0 saturated heterocycles. The summed E-state index contributed by atoms with van der Waals surface area (Å²) in [6.07, 6.45) is 6.09. The van der Waals surface area contributed by atoms with E-state index in [1.807, 2.05) is 11.6 Å². The second-order valence-corrected chi connectivity index (χ2v) is 6.01. The quantitative estimate of drug-likeness (QED) is 0.381. The summed E-state index contributed by atoms with van der Waals surface area (Å²) in [5.41, 5.74) is 0.579. The van der Waals surface area contributed by atoms with E-state index in [0.717, 1.165) is 17.2 Å². The SMILES string of the molecule is CCOC(=O)c1cc([N+](=O)[O-])cnc1/C=C/c1c(Cl)nc2sccn12. The van der Waals surface area contributed by atoms with E-state index >= 15 is 0 Å². The first-order chi connectivity index (χ1) is 12.0. The van der Waals surface area contributed by atoms with Crippen molar-refractivity contribution in [1.29, 1.82) is 0 Å². The molecule has 0 N–H and O–H groups in total. The van der Waals surface area contributed by atoms with Crippen molar-refractivity contribution >= 4 is 51.7 Å². The van der Waals surface area contributed by atoms with Gasteiger partial charge in [-0.05, 0) is 19.1 Å². The number of imidazole rings is 1. The number of nitro groups is 1. The number of aromatic nitrogens is 3. The molecular weight excluding hydrogens is 368 g/mol. The van der Waals surface area contributed by atoms with Gasteiger partial charge >= 0.3 is 5.97 Å². The van der Waals surface area contributed by atoms with Crippen LogP contribution in [0.2, 0.25) is 5.15 Å². The van der Waals surface area contributed by atoms with Crippen LogP contribution < -0.4 is 0 Å². The lowest BCUT2D eigenvalue weighted by atomic mass is 10.1. The maximum atomic E-state index is 12.1. The first kappa shape index (κ1) is 17.1. The van der Waals surface area contributed by atoms with Crippen LogP contribution in [0.3, 0.4) is 0 Å². The Kier molecular flexibility index (Phi) is 4.77. The number of pyridine rings is 1. The average Bonchev–Trinajstić information content (AvgIpc) is 3.13. The number of nitrogens with zero attached hydrogens (tertiary/aromatic N) is 4. The van der Waals surface area contributed by atoms with Gasteiger partial charge in [0.15, 0.2) is 10.1 Å². The number of rotatable bonds is 5. The number of esters is 1. The minimum absolute atomic E-state index is 0.00880. The first-order valence-electron chi connectivity index (χ1n) is 7.12. The van der Waals surface area contributed by atoms with Gasteiger partial charge in [0.05, 0.1) is 28.5 Å². The molecule has 0 unspecified atom stereocenters. The van der Waals surface area contributed by atoms with E-state index in [4.69, 9.17) is 16.3 Å². The highest BCUT2D eigenvalue weighted by Crippen LogP contribution is 2.24. The Bertz CT molecular complexity index is 995. The van der Waals surface area contributed by atoms with E-state index < -0.39 is 10.9 Å². The third kappa shape index (κ3) is 3.37. The molecule has 0 radical (unpaired) electrons. The van der Waals surface area contributed by atoms with Gasteiger partial charge in [0.1, 0.15) is 6.20 Å². The Morgan fingerprint density at radius 2 is 2.32 bits per heavy atom. The Labute approximate surface area is 150 Å². The standard InChI is InChI=1S/C15H11ClN4O4S/c1-2-24-14(21)10-7-9(20(22)23)8-17-11(10)3-4-12-13(16)18-15-19(12)5-6-25-15/h3-8H,2H2,1H3/b4-3+. The number of hydrogen-bond acceptors (Lipinski definition) is 7. The van der Waals surface area contributed by atoms with Crippen LogP contribution in [0.4, 0.5) is 5.69 Å². The Hall–Kier alpha value is -2.78. The number of fused-ring (bicyclic) bond motifs is 1. The molecule has 3 aromatic rings. The first-order valence-corrected chi connectivity index (χ1v) is 8.37. The maximum Gasteiger partial charge on any atom is 0.340 e. The van der Waals surface area contributed by atoms with E-state index in [0.29, 0.717) is 10.8 Å². The summed E-state index contributed by atoms with van der Waals surface area (Å²) >= 11 is 7.55. The van der Waals surface area contributed by atoms with Gasteiger partial charge in [-0.15, -0.1) is 11.3 Å². The summed E-state index contributed by atoms with van der Waals surface area (Å²) in [5, 5.41) is 13.1. The van der Waals surface area contributed by atoms with Crippen LogP contribution in [0.25, 0.3) is 17.1 Å². The van der Waals surface area contributed by atoms with Gasteiger partial charge < -0.3 is 4.74 Å². The minimum Gasteiger partial charge on any atom is -0.462 e. The zero-order valence-electron chi connectivity index (χ0n) is 12.9. The van der Waals surface area contributed by atoms with E-state index in [2.05, 4.69) is 9.97 Å². The second-order valence-electron chi connectivity index (χ2n) is 4.78. The minimum atomic E-state index is -0.682. The Morgan fingerprint density at radius 1 is 1.52 bits per heavy atom. The molecule has 0 fully saturated rings. The highest BCUT2D eigenvalue weighted by Gasteiger charge is 2.18. The fraction of sp³-hybridized carbons (Fsp3) is 0.133. The van der Waals surface area contributed by atoms with Crippen molar-refractivity contribution in [2.24, 2.45) is 0 Å². The van der Waals surface area contributed by atoms with Crippen LogP contribution in [0.15, 0.2) is 23.8 Å². The predicted molar refractivity (Wildman–Crippen MR) is 93.9 cm³/mol. The molecule has 3 aromatic heterocycles. The van der Waals surface area contributed by atoms with Gasteiger partial charge in [0.2, 0.25) is 0 Å². The molecule has 0 atom stereocenters. The van der Waals surface area contributed by atoms with E-state index in [1.165, 1.54) is 11.3 Å². The summed E-state index contributed by atoms with van der Waals surface area (Å²) in [6, 6.07) is 1.14. The van der Waals surface area contributed by atoms with E-state index in [-0.39, 0.29) is 23.6 Å². The fourth-order valence-electron chi connectivity index (χ4n) is 2.15. The lowest BCUT2D eigenvalue weighted by Gasteiger charge is -2.05.